The minimum Gasteiger partial charge on any atom is -0.347 e. The maximum Gasteiger partial charge on any atom is 0.270 e. The Labute approximate surface area is 157 Å². The average Bonchev–Trinajstić information content (AvgIpc) is 2.73. The van der Waals surface area contributed by atoms with Gasteiger partial charge in [0, 0.05) is 36.4 Å². The second-order valence-corrected chi connectivity index (χ2v) is 5.93. The third-order valence-corrected chi connectivity index (χ3v) is 4.10. The molecule has 0 saturated heterocycles. The lowest BCUT2D eigenvalue weighted by atomic mass is 10.1. The second kappa shape index (κ2) is 8.71. The predicted octanol–water partition coefficient (Wildman–Crippen LogP) is 3.22. The lowest BCUT2D eigenvalue weighted by Crippen LogP contribution is -2.24. The highest BCUT2D eigenvalue weighted by atomic mass is 16.2. The van der Waals surface area contributed by atoms with Gasteiger partial charge >= 0.3 is 0 Å². The number of carbonyl (C=O) groups is 2. The lowest BCUT2D eigenvalue weighted by molar-refractivity contribution is 0.0946. The van der Waals surface area contributed by atoms with E-state index in [9.17, 15) is 9.59 Å². The van der Waals surface area contributed by atoms with Crippen LogP contribution < -0.4 is 10.6 Å². The number of anilines is 1. The van der Waals surface area contributed by atoms with Crippen LogP contribution in [0.1, 0.15) is 38.9 Å². The van der Waals surface area contributed by atoms with Crippen LogP contribution in [-0.4, -0.2) is 21.8 Å². The van der Waals surface area contributed by atoms with Gasteiger partial charge in [0.1, 0.15) is 5.69 Å². The van der Waals surface area contributed by atoms with Gasteiger partial charge in [-0.15, -0.1) is 0 Å². The second-order valence-electron chi connectivity index (χ2n) is 5.93. The van der Waals surface area contributed by atoms with E-state index in [1.54, 1.807) is 18.5 Å². The van der Waals surface area contributed by atoms with Crippen molar-refractivity contribution in [1.29, 1.82) is 0 Å². The maximum absolute atomic E-state index is 12.6. The Morgan fingerprint density at radius 1 is 0.963 bits per heavy atom. The van der Waals surface area contributed by atoms with Crippen molar-refractivity contribution in [2.75, 3.05) is 5.32 Å². The summed E-state index contributed by atoms with van der Waals surface area (Å²) >= 11 is 0. The Bertz CT molecular complexity index is 942. The summed E-state index contributed by atoms with van der Waals surface area (Å²) in [7, 11) is 0. The molecule has 6 heteroatoms. The summed E-state index contributed by atoms with van der Waals surface area (Å²) in [5, 5.41) is 5.68. The van der Waals surface area contributed by atoms with E-state index in [4.69, 9.17) is 0 Å². The van der Waals surface area contributed by atoms with Gasteiger partial charge in [0.15, 0.2) is 0 Å². The molecule has 0 spiro atoms. The number of aromatic nitrogens is 2. The molecule has 0 fully saturated rings. The number of aryl methyl sites for hydroxylation is 1. The van der Waals surface area contributed by atoms with E-state index in [1.165, 1.54) is 12.3 Å². The van der Waals surface area contributed by atoms with Gasteiger partial charge in [-0.3, -0.25) is 19.6 Å². The van der Waals surface area contributed by atoms with Gasteiger partial charge in [-0.05, 0) is 47.9 Å². The van der Waals surface area contributed by atoms with E-state index >= 15 is 0 Å². The molecule has 27 heavy (non-hydrogen) atoms. The van der Waals surface area contributed by atoms with Crippen LogP contribution in [0, 0.1) is 0 Å². The Morgan fingerprint density at radius 3 is 2.52 bits per heavy atom. The smallest absolute Gasteiger partial charge is 0.270 e. The molecule has 0 aliphatic heterocycles. The molecule has 0 atom stereocenters. The van der Waals surface area contributed by atoms with Gasteiger partial charge in [-0.25, -0.2) is 0 Å². The number of para-hydroxylation sites is 1. The number of nitrogens with zero attached hydrogens (tertiary/aromatic N) is 2. The summed E-state index contributed by atoms with van der Waals surface area (Å²) in [6.07, 6.45) is 5.61. The van der Waals surface area contributed by atoms with Crippen molar-refractivity contribution >= 4 is 17.5 Å². The van der Waals surface area contributed by atoms with Gasteiger partial charge in [-0.1, -0.05) is 25.1 Å². The van der Waals surface area contributed by atoms with Crippen molar-refractivity contribution in [1.82, 2.24) is 15.3 Å². The number of nitrogens with one attached hydrogen (secondary N) is 2. The van der Waals surface area contributed by atoms with Crippen molar-refractivity contribution < 1.29 is 9.59 Å². The van der Waals surface area contributed by atoms with Gasteiger partial charge in [-0.2, -0.15) is 0 Å². The molecule has 3 rings (SSSR count). The molecule has 6 nitrogen and oxygen atoms in total. The fourth-order valence-electron chi connectivity index (χ4n) is 2.61. The first-order valence-corrected chi connectivity index (χ1v) is 8.69. The molecule has 2 amide bonds. The zero-order chi connectivity index (χ0) is 19.1. The van der Waals surface area contributed by atoms with Crippen molar-refractivity contribution in [3.05, 3.63) is 89.5 Å². The first-order chi connectivity index (χ1) is 13.2. The highest BCUT2D eigenvalue weighted by molar-refractivity contribution is 6.06. The van der Waals surface area contributed by atoms with Crippen LogP contribution in [0.3, 0.4) is 0 Å². The minimum atomic E-state index is -0.338. The van der Waals surface area contributed by atoms with Crippen molar-refractivity contribution in [2.24, 2.45) is 0 Å². The largest absolute Gasteiger partial charge is 0.347 e. The third-order valence-electron chi connectivity index (χ3n) is 4.10. The number of hydrogen-bond donors (Lipinski definition) is 2. The highest BCUT2D eigenvalue weighted by Gasteiger charge is 2.13. The first-order valence-electron chi connectivity index (χ1n) is 8.69. The number of pyridine rings is 2. The predicted molar refractivity (Wildman–Crippen MR) is 103 cm³/mol. The molecule has 3 aromatic rings. The van der Waals surface area contributed by atoms with Gasteiger partial charge in [0.2, 0.25) is 0 Å². The minimum absolute atomic E-state index is 0.195. The molecule has 1 aromatic carbocycles. The molecule has 0 aliphatic carbocycles. The molecule has 0 bridgehead atoms. The number of amides is 2. The van der Waals surface area contributed by atoms with Crippen molar-refractivity contribution in [2.45, 2.75) is 19.9 Å². The Hall–Kier alpha value is -3.54. The van der Waals surface area contributed by atoms with Crippen LogP contribution in [0.5, 0.6) is 0 Å². The monoisotopic (exact) mass is 360 g/mol. The number of hydrogen-bond acceptors (Lipinski definition) is 4. The molecule has 2 heterocycles. The summed E-state index contributed by atoms with van der Waals surface area (Å²) in [4.78, 5) is 32.9. The van der Waals surface area contributed by atoms with E-state index in [2.05, 4.69) is 20.6 Å². The fourth-order valence-corrected chi connectivity index (χ4v) is 2.61. The van der Waals surface area contributed by atoms with Gasteiger partial charge < -0.3 is 10.6 Å². The highest BCUT2D eigenvalue weighted by Crippen LogP contribution is 2.16. The van der Waals surface area contributed by atoms with Gasteiger partial charge in [0.25, 0.3) is 11.8 Å². The number of benzene rings is 1. The van der Waals surface area contributed by atoms with E-state index in [1.807, 2.05) is 43.3 Å². The molecule has 0 unspecified atom stereocenters. The number of rotatable bonds is 6. The average molecular weight is 360 g/mol. The number of carbonyl (C=O) groups excluding carboxylic acids is 2. The van der Waals surface area contributed by atoms with Crippen molar-refractivity contribution in [3.63, 3.8) is 0 Å². The van der Waals surface area contributed by atoms with E-state index in [0.29, 0.717) is 12.1 Å². The molecular weight excluding hydrogens is 340 g/mol. The van der Waals surface area contributed by atoms with Crippen LogP contribution in [0.15, 0.2) is 67.1 Å². The normalized spacial score (nSPS) is 10.3. The van der Waals surface area contributed by atoms with E-state index in [0.717, 1.165) is 23.2 Å². The standard InChI is InChI=1S/C21H20N4O2/c1-2-16-5-3-4-6-18(16)25-20(26)17-9-12-23-19(13-17)21(27)24-14-15-7-10-22-11-8-15/h3-13H,2,14H2,1H3,(H,24,27)(H,25,26). The van der Waals surface area contributed by atoms with Crippen LogP contribution in [0.25, 0.3) is 0 Å². The quantitative estimate of drug-likeness (QED) is 0.707. The Balaban J connectivity index is 1.69. The Morgan fingerprint density at radius 2 is 1.74 bits per heavy atom. The summed E-state index contributed by atoms with van der Waals surface area (Å²) in [6, 6.07) is 14.4. The summed E-state index contributed by atoms with van der Waals surface area (Å²) in [5.74, 6) is -0.614. The summed E-state index contributed by atoms with van der Waals surface area (Å²) in [6.45, 7) is 2.39. The molecule has 0 radical (unpaired) electrons. The molecule has 2 aromatic heterocycles. The van der Waals surface area contributed by atoms with Crippen molar-refractivity contribution in [3.8, 4) is 0 Å². The summed E-state index contributed by atoms with van der Waals surface area (Å²) < 4.78 is 0. The van der Waals surface area contributed by atoms with Gasteiger partial charge in [0.05, 0.1) is 0 Å². The topological polar surface area (TPSA) is 84.0 Å². The molecular formula is C21H20N4O2. The third kappa shape index (κ3) is 4.76. The molecule has 136 valence electrons. The van der Waals surface area contributed by atoms with Crippen LogP contribution in [0.4, 0.5) is 5.69 Å². The fraction of sp³-hybridized carbons (Fsp3) is 0.143. The zero-order valence-electron chi connectivity index (χ0n) is 15.0. The maximum atomic E-state index is 12.6. The SMILES string of the molecule is CCc1ccccc1NC(=O)c1ccnc(C(=O)NCc2ccncc2)c1. The Kier molecular flexibility index (Phi) is 5.89. The zero-order valence-corrected chi connectivity index (χ0v) is 15.0. The molecule has 0 aliphatic rings. The van der Waals surface area contributed by atoms with Crippen LogP contribution in [-0.2, 0) is 13.0 Å². The van der Waals surface area contributed by atoms with Crippen LogP contribution in [0.2, 0.25) is 0 Å². The molecule has 0 saturated carbocycles. The first kappa shape index (κ1) is 18.3. The van der Waals surface area contributed by atoms with Crippen LogP contribution >= 0.6 is 0 Å². The van der Waals surface area contributed by atoms with E-state index < -0.39 is 0 Å². The van der Waals surface area contributed by atoms with E-state index in [-0.39, 0.29) is 17.5 Å². The summed E-state index contributed by atoms with van der Waals surface area (Å²) in [5.41, 5.74) is 3.33. The lowest BCUT2D eigenvalue weighted by Gasteiger charge is -2.10. The molecule has 2 N–H and O–H groups in total.